The summed E-state index contributed by atoms with van der Waals surface area (Å²) < 4.78 is 14.3. The maximum absolute atomic E-state index is 9.41. The zero-order valence-electron chi connectivity index (χ0n) is 14.6. The Hall–Kier alpha value is -2.33. The number of rotatable bonds is 4. The van der Waals surface area contributed by atoms with Gasteiger partial charge < -0.3 is 14.0 Å². The predicted octanol–water partition coefficient (Wildman–Crippen LogP) is 4.18. The number of fused-ring (bicyclic) bond motifs is 1. The standard InChI is InChI=1S/C20H19N3O2S/c1-20(2)24-17(19(25-20)26-18-9-5-6-10-22-18)13-23-12-14(11-21)15-7-3-4-8-16(15)23/h3-10,12,17,19H,13H2,1-2H3/t17-,19+/m0/s1. The molecule has 3 aromatic rings. The zero-order chi connectivity index (χ0) is 18.1. The smallest absolute Gasteiger partial charge is 0.165 e. The third-order valence-electron chi connectivity index (χ3n) is 4.30. The van der Waals surface area contributed by atoms with Crippen LogP contribution in [0.2, 0.25) is 0 Å². The molecule has 2 aromatic heterocycles. The summed E-state index contributed by atoms with van der Waals surface area (Å²) in [5.74, 6) is -0.655. The number of hydrogen-bond donors (Lipinski definition) is 0. The first-order chi connectivity index (χ1) is 12.6. The lowest BCUT2D eigenvalue weighted by Gasteiger charge is -2.17. The van der Waals surface area contributed by atoms with Crippen LogP contribution in [0.3, 0.4) is 0 Å². The molecule has 1 aliphatic heterocycles. The lowest BCUT2D eigenvalue weighted by atomic mass is 10.2. The average molecular weight is 365 g/mol. The maximum atomic E-state index is 9.41. The van der Waals surface area contributed by atoms with Crippen LogP contribution in [-0.4, -0.2) is 26.9 Å². The molecule has 0 spiro atoms. The molecule has 0 aliphatic carbocycles. The minimum absolute atomic E-state index is 0.153. The Morgan fingerprint density at radius 2 is 2.00 bits per heavy atom. The van der Waals surface area contributed by atoms with Crippen molar-refractivity contribution >= 4 is 22.7 Å². The average Bonchev–Trinajstić information content (AvgIpc) is 3.13. The molecule has 1 aliphatic rings. The molecule has 1 saturated heterocycles. The molecule has 0 saturated carbocycles. The van der Waals surface area contributed by atoms with Gasteiger partial charge in [0.05, 0.1) is 17.1 Å². The van der Waals surface area contributed by atoms with Crippen molar-refractivity contribution in [1.29, 1.82) is 5.26 Å². The van der Waals surface area contributed by atoms with Crippen molar-refractivity contribution in [2.75, 3.05) is 0 Å². The molecule has 4 rings (SSSR count). The van der Waals surface area contributed by atoms with Crippen LogP contribution in [0.25, 0.3) is 10.9 Å². The van der Waals surface area contributed by atoms with E-state index in [2.05, 4.69) is 15.6 Å². The van der Waals surface area contributed by atoms with Crippen LogP contribution in [0.5, 0.6) is 0 Å². The van der Waals surface area contributed by atoms with E-state index in [1.54, 1.807) is 18.0 Å². The Kier molecular flexibility index (Phi) is 4.45. The van der Waals surface area contributed by atoms with E-state index < -0.39 is 5.79 Å². The van der Waals surface area contributed by atoms with Gasteiger partial charge in [-0.05, 0) is 32.0 Å². The van der Waals surface area contributed by atoms with Crippen LogP contribution in [0, 0.1) is 11.3 Å². The molecule has 0 amide bonds. The minimum Gasteiger partial charge on any atom is -0.343 e. The first kappa shape index (κ1) is 17.1. The molecule has 3 heterocycles. The highest BCUT2D eigenvalue weighted by Gasteiger charge is 2.42. The Bertz CT molecular complexity index is 962. The summed E-state index contributed by atoms with van der Waals surface area (Å²) in [6, 6.07) is 16.0. The molecule has 0 radical (unpaired) electrons. The summed E-state index contributed by atoms with van der Waals surface area (Å²) in [5, 5.41) is 11.3. The van der Waals surface area contributed by atoms with Crippen molar-refractivity contribution in [3.8, 4) is 6.07 Å². The summed E-state index contributed by atoms with van der Waals surface area (Å²) in [4.78, 5) is 4.38. The van der Waals surface area contributed by atoms with Gasteiger partial charge in [-0.3, -0.25) is 0 Å². The number of pyridine rings is 1. The third kappa shape index (κ3) is 3.34. The van der Waals surface area contributed by atoms with E-state index in [1.165, 1.54) is 0 Å². The van der Waals surface area contributed by atoms with Crippen molar-refractivity contribution in [3.05, 3.63) is 60.4 Å². The SMILES string of the molecule is CC1(C)O[C@@H](Cn2cc(C#N)c3ccccc32)[C@@H](Sc2ccccn2)O1. The highest BCUT2D eigenvalue weighted by atomic mass is 32.2. The Morgan fingerprint density at radius 3 is 2.77 bits per heavy atom. The molecule has 26 heavy (non-hydrogen) atoms. The quantitative estimate of drug-likeness (QED) is 0.694. The number of hydrogen-bond acceptors (Lipinski definition) is 5. The number of aromatic nitrogens is 2. The molecule has 1 fully saturated rings. The van der Waals surface area contributed by atoms with Gasteiger partial charge in [-0.2, -0.15) is 5.26 Å². The van der Waals surface area contributed by atoms with Crippen molar-refractivity contribution in [2.45, 2.75) is 42.7 Å². The zero-order valence-corrected chi connectivity index (χ0v) is 15.4. The molecule has 1 aromatic carbocycles. The first-order valence-electron chi connectivity index (χ1n) is 8.47. The number of benzene rings is 1. The number of para-hydroxylation sites is 1. The Labute approximate surface area is 156 Å². The highest BCUT2D eigenvalue weighted by Crippen LogP contribution is 2.38. The summed E-state index contributed by atoms with van der Waals surface area (Å²) in [6.45, 7) is 4.46. The largest absolute Gasteiger partial charge is 0.343 e. The topological polar surface area (TPSA) is 60.1 Å². The van der Waals surface area contributed by atoms with Gasteiger partial charge in [-0.15, -0.1) is 0 Å². The second-order valence-corrected chi connectivity index (χ2v) is 7.77. The highest BCUT2D eigenvalue weighted by molar-refractivity contribution is 7.99. The van der Waals surface area contributed by atoms with Crippen molar-refractivity contribution in [1.82, 2.24) is 9.55 Å². The summed E-state index contributed by atoms with van der Waals surface area (Å²) >= 11 is 1.56. The number of thioether (sulfide) groups is 1. The van der Waals surface area contributed by atoms with Gasteiger partial charge in [0, 0.05) is 23.3 Å². The maximum Gasteiger partial charge on any atom is 0.165 e. The van der Waals surface area contributed by atoms with E-state index in [4.69, 9.17) is 9.47 Å². The fourth-order valence-corrected chi connectivity index (χ4v) is 4.33. The van der Waals surface area contributed by atoms with Crippen LogP contribution < -0.4 is 0 Å². The van der Waals surface area contributed by atoms with Crippen molar-refractivity contribution < 1.29 is 9.47 Å². The van der Waals surface area contributed by atoms with Crippen LogP contribution in [0.4, 0.5) is 0 Å². The van der Waals surface area contributed by atoms with Crippen molar-refractivity contribution in [3.63, 3.8) is 0 Å². The molecule has 2 atom stereocenters. The Morgan fingerprint density at radius 1 is 1.19 bits per heavy atom. The monoisotopic (exact) mass is 365 g/mol. The molecule has 0 unspecified atom stereocenters. The van der Waals surface area contributed by atoms with Gasteiger partial charge in [-0.25, -0.2) is 4.98 Å². The third-order valence-corrected chi connectivity index (χ3v) is 5.41. The number of nitrogens with zero attached hydrogens (tertiary/aromatic N) is 3. The van der Waals surface area contributed by atoms with Gasteiger partial charge in [0.15, 0.2) is 5.79 Å². The summed E-state index contributed by atoms with van der Waals surface area (Å²) in [6.07, 6.45) is 3.51. The van der Waals surface area contributed by atoms with E-state index >= 15 is 0 Å². The van der Waals surface area contributed by atoms with E-state index in [0.717, 1.165) is 15.9 Å². The van der Waals surface area contributed by atoms with Crippen LogP contribution >= 0.6 is 11.8 Å². The Balaban J connectivity index is 1.62. The summed E-state index contributed by atoms with van der Waals surface area (Å²) in [7, 11) is 0. The van der Waals surface area contributed by atoms with Crippen LogP contribution in [0.15, 0.2) is 59.9 Å². The van der Waals surface area contributed by atoms with Crippen LogP contribution in [0.1, 0.15) is 19.4 Å². The molecule has 6 heteroatoms. The molecule has 0 N–H and O–H groups in total. The fourth-order valence-electron chi connectivity index (χ4n) is 3.24. The van der Waals surface area contributed by atoms with Crippen LogP contribution in [-0.2, 0) is 16.0 Å². The van der Waals surface area contributed by atoms with E-state index in [9.17, 15) is 5.26 Å². The number of nitriles is 1. The first-order valence-corrected chi connectivity index (χ1v) is 9.35. The normalized spacial score (nSPS) is 21.7. The van der Waals surface area contributed by atoms with Gasteiger partial charge in [-0.1, -0.05) is 36.0 Å². The second kappa shape index (κ2) is 6.76. The molecule has 132 valence electrons. The van der Waals surface area contributed by atoms with Crippen molar-refractivity contribution in [2.24, 2.45) is 0 Å². The lowest BCUT2D eigenvalue weighted by Crippen LogP contribution is -2.25. The second-order valence-electron chi connectivity index (χ2n) is 6.65. The molecular weight excluding hydrogens is 346 g/mol. The van der Waals surface area contributed by atoms with Gasteiger partial charge in [0.25, 0.3) is 0 Å². The van der Waals surface area contributed by atoms with Gasteiger partial charge in [0.2, 0.25) is 0 Å². The minimum atomic E-state index is -0.655. The van der Waals surface area contributed by atoms with Gasteiger partial charge in [0.1, 0.15) is 17.6 Å². The van der Waals surface area contributed by atoms with E-state index in [1.807, 2.05) is 62.5 Å². The lowest BCUT2D eigenvalue weighted by molar-refractivity contribution is -0.141. The van der Waals surface area contributed by atoms with E-state index in [0.29, 0.717) is 12.1 Å². The molecular formula is C20H19N3O2S. The summed E-state index contributed by atoms with van der Waals surface area (Å²) in [5.41, 5.74) is 1.53. The van der Waals surface area contributed by atoms with Gasteiger partial charge >= 0.3 is 0 Å². The molecule has 5 nitrogen and oxygen atoms in total. The molecule has 0 bridgehead atoms. The predicted molar refractivity (Wildman–Crippen MR) is 101 cm³/mol. The number of ether oxygens (including phenoxy) is 2. The fraction of sp³-hybridized carbons (Fsp3) is 0.300. The van der Waals surface area contributed by atoms with E-state index in [-0.39, 0.29) is 11.5 Å².